The highest BCUT2D eigenvalue weighted by molar-refractivity contribution is 5.71. The molecular formula is C69H116O6. The van der Waals surface area contributed by atoms with Crippen LogP contribution < -0.4 is 0 Å². The molecule has 6 nitrogen and oxygen atoms in total. The van der Waals surface area contributed by atoms with Crippen LogP contribution in [0.15, 0.2) is 109 Å². The molecule has 0 fully saturated rings. The summed E-state index contributed by atoms with van der Waals surface area (Å²) in [5.74, 6) is -0.900. The van der Waals surface area contributed by atoms with Gasteiger partial charge < -0.3 is 14.2 Å². The molecule has 6 heteroatoms. The van der Waals surface area contributed by atoms with Crippen LogP contribution in [-0.4, -0.2) is 37.2 Å². The molecule has 0 aliphatic carbocycles. The summed E-state index contributed by atoms with van der Waals surface area (Å²) in [6, 6.07) is 0. The Balaban J connectivity index is 4.24. The van der Waals surface area contributed by atoms with Crippen molar-refractivity contribution in [3.63, 3.8) is 0 Å². The SMILES string of the molecule is CC/C=C\C/C=C\C/C=C\C/C=C\C/C=C\C/C=C\C/C=C\CCCCCCCCCCCC(=O)OCC(COC(=O)CCCCCCCCCCCC)OC(=O)CCCCCCC/C=C\C/C=C\CCCCCC. The Bertz CT molecular complexity index is 1520. The molecule has 0 bridgehead atoms. The predicted molar refractivity (Wildman–Crippen MR) is 325 cm³/mol. The molecule has 0 aromatic carbocycles. The highest BCUT2D eigenvalue weighted by Crippen LogP contribution is 2.15. The molecule has 0 spiro atoms. The topological polar surface area (TPSA) is 78.9 Å². The minimum atomic E-state index is -0.787. The fourth-order valence-electron chi connectivity index (χ4n) is 8.57. The van der Waals surface area contributed by atoms with Crippen LogP contribution in [-0.2, 0) is 28.6 Å². The molecule has 0 radical (unpaired) electrons. The van der Waals surface area contributed by atoms with E-state index in [2.05, 4.69) is 130 Å². The molecule has 428 valence electrons. The lowest BCUT2D eigenvalue weighted by Gasteiger charge is -2.18. The van der Waals surface area contributed by atoms with Crippen LogP contribution in [0.1, 0.15) is 290 Å². The number of carbonyl (C=O) groups is 3. The van der Waals surface area contributed by atoms with Crippen LogP contribution in [0, 0.1) is 0 Å². The Morgan fingerprint density at radius 2 is 0.520 bits per heavy atom. The second-order valence-electron chi connectivity index (χ2n) is 20.6. The van der Waals surface area contributed by atoms with Gasteiger partial charge in [0.1, 0.15) is 13.2 Å². The normalized spacial score (nSPS) is 12.8. The molecular weight excluding hydrogens is 925 g/mol. The van der Waals surface area contributed by atoms with Crippen LogP contribution >= 0.6 is 0 Å². The van der Waals surface area contributed by atoms with Crippen molar-refractivity contribution in [2.24, 2.45) is 0 Å². The van der Waals surface area contributed by atoms with Crippen molar-refractivity contribution >= 4 is 17.9 Å². The van der Waals surface area contributed by atoms with E-state index in [1.54, 1.807) is 0 Å². The van der Waals surface area contributed by atoms with Crippen LogP contribution in [0.5, 0.6) is 0 Å². The number of hydrogen-bond donors (Lipinski definition) is 0. The largest absolute Gasteiger partial charge is 0.462 e. The molecule has 0 amide bonds. The van der Waals surface area contributed by atoms with Crippen molar-refractivity contribution in [1.82, 2.24) is 0 Å². The van der Waals surface area contributed by atoms with Crippen LogP contribution in [0.25, 0.3) is 0 Å². The average molecular weight is 1040 g/mol. The standard InChI is InChI=1S/C69H116O6/c1-4-7-10-13-16-19-22-24-26-28-29-30-31-32-33-34-35-36-37-38-39-40-41-42-44-45-47-50-53-56-59-62-68(71)74-65-66(64-73-67(70)61-58-55-52-49-21-18-15-12-9-6-3)75-69(72)63-60-57-54-51-48-46-43-27-25-23-20-17-14-11-8-5-2/h7,10,16,19-20,23-24,26-27,29-30,32-33,35-36,38-39,43,66H,4-6,8-9,11-15,17-18,21-22,25,28,31,34,37,40-42,44-65H2,1-3H3/b10-7-,19-16-,23-20-,26-24-,30-29-,33-32-,36-35-,39-38-,43-27-. The summed E-state index contributed by atoms with van der Waals surface area (Å²) in [5, 5.41) is 0. The molecule has 0 saturated carbocycles. The van der Waals surface area contributed by atoms with E-state index in [4.69, 9.17) is 14.2 Å². The van der Waals surface area contributed by atoms with E-state index in [-0.39, 0.29) is 31.1 Å². The highest BCUT2D eigenvalue weighted by atomic mass is 16.6. The number of carbonyl (C=O) groups excluding carboxylic acids is 3. The molecule has 0 N–H and O–H groups in total. The summed E-state index contributed by atoms with van der Waals surface area (Å²) in [5.41, 5.74) is 0. The van der Waals surface area contributed by atoms with E-state index in [1.807, 2.05) is 0 Å². The van der Waals surface area contributed by atoms with E-state index in [0.29, 0.717) is 19.3 Å². The van der Waals surface area contributed by atoms with Gasteiger partial charge in [0.2, 0.25) is 0 Å². The number of rotatable bonds is 56. The van der Waals surface area contributed by atoms with E-state index in [1.165, 1.54) is 116 Å². The van der Waals surface area contributed by atoms with E-state index in [0.717, 1.165) is 135 Å². The van der Waals surface area contributed by atoms with Gasteiger partial charge in [-0.05, 0) is 109 Å². The van der Waals surface area contributed by atoms with Crippen molar-refractivity contribution in [3.05, 3.63) is 109 Å². The first kappa shape index (κ1) is 71.1. The lowest BCUT2D eigenvalue weighted by molar-refractivity contribution is -0.167. The molecule has 0 aliphatic rings. The number of hydrogen-bond acceptors (Lipinski definition) is 6. The maximum absolute atomic E-state index is 12.9. The average Bonchev–Trinajstić information content (AvgIpc) is 3.41. The molecule has 1 unspecified atom stereocenters. The number of allylic oxidation sites excluding steroid dienone is 18. The predicted octanol–water partition coefficient (Wildman–Crippen LogP) is 21.4. The highest BCUT2D eigenvalue weighted by Gasteiger charge is 2.19. The maximum Gasteiger partial charge on any atom is 0.306 e. The third-order valence-electron chi connectivity index (χ3n) is 13.3. The van der Waals surface area contributed by atoms with Gasteiger partial charge in [-0.2, -0.15) is 0 Å². The quantitative estimate of drug-likeness (QED) is 0.0261. The van der Waals surface area contributed by atoms with Gasteiger partial charge in [0.25, 0.3) is 0 Å². The Morgan fingerprint density at radius 3 is 0.827 bits per heavy atom. The van der Waals surface area contributed by atoms with Crippen molar-refractivity contribution in [3.8, 4) is 0 Å². The van der Waals surface area contributed by atoms with Gasteiger partial charge in [-0.3, -0.25) is 14.4 Å². The Hall–Kier alpha value is -3.93. The van der Waals surface area contributed by atoms with Crippen molar-refractivity contribution in [2.75, 3.05) is 13.2 Å². The van der Waals surface area contributed by atoms with E-state index >= 15 is 0 Å². The summed E-state index contributed by atoms with van der Waals surface area (Å²) < 4.78 is 16.9. The van der Waals surface area contributed by atoms with Crippen LogP contribution in [0.2, 0.25) is 0 Å². The lowest BCUT2D eigenvalue weighted by Crippen LogP contribution is -2.30. The van der Waals surface area contributed by atoms with E-state index < -0.39 is 6.10 Å². The Labute approximate surface area is 463 Å². The molecule has 0 heterocycles. The number of ether oxygens (including phenoxy) is 3. The maximum atomic E-state index is 12.9. The lowest BCUT2D eigenvalue weighted by atomic mass is 10.1. The van der Waals surface area contributed by atoms with Gasteiger partial charge in [-0.15, -0.1) is 0 Å². The summed E-state index contributed by atoms with van der Waals surface area (Å²) >= 11 is 0. The molecule has 1 atom stereocenters. The van der Waals surface area contributed by atoms with Crippen molar-refractivity contribution in [2.45, 2.75) is 297 Å². The zero-order valence-electron chi connectivity index (χ0n) is 49.0. The first-order valence-corrected chi connectivity index (χ1v) is 31.4. The number of esters is 3. The fourth-order valence-corrected chi connectivity index (χ4v) is 8.57. The Kier molecular flexibility index (Phi) is 59.3. The summed E-state index contributed by atoms with van der Waals surface area (Å²) in [4.78, 5) is 38.2. The van der Waals surface area contributed by atoms with Crippen LogP contribution in [0.3, 0.4) is 0 Å². The second kappa shape index (κ2) is 62.6. The summed E-state index contributed by atoms with van der Waals surface area (Å²) in [6.45, 7) is 6.49. The molecule has 0 rings (SSSR count). The third kappa shape index (κ3) is 60.8. The molecule has 75 heavy (non-hydrogen) atoms. The zero-order chi connectivity index (χ0) is 54.3. The zero-order valence-corrected chi connectivity index (χ0v) is 49.0. The second-order valence-corrected chi connectivity index (χ2v) is 20.6. The first-order valence-electron chi connectivity index (χ1n) is 31.4. The van der Waals surface area contributed by atoms with Gasteiger partial charge in [0.15, 0.2) is 6.10 Å². The molecule has 0 aromatic rings. The molecule has 0 aromatic heterocycles. The monoisotopic (exact) mass is 1040 g/mol. The first-order chi connectivity index (χ1) is 37.0. The number of unbranched alkanes of at least 4 members (excludes halogenated alkanes) is 27. The Morgan fingerprint density at radius 1 is 0.280 bits per heavy atom. The fraction of sp³-hybridized carbons (Fsp3) is 0.696. The van der Waals surface area contributed by atoms with Gasteiger partial charge in [-0.1, -0.05) is 271 Å². The van der Waals surface area contributed by atoms with Crippen LogP contribution in [0.4, 0.5) is 0 Å². The smallest absolute Gasteiger partial charge is 0.306 e. The van der Waals surface area contributed by atoms with Gasteiger partial charge >= 0.3 is 17.9 Å². The van der Waals surface area contributed by atoms with Gasteiger partial charge in [0.05, 0.1) is 0 Å². The summed E-state index contributed by atoms with van der Waals surface area (Å²) in [6.07, 6.45) is 85.2. The van der Waals surface area contributed by atoms with Gasteiger partial charge in [-0.25, -0.2) is 0 Å². The summed E-state index contributed by atoms with van der Waals surface area (Å²) in [7, 11) is 0. The molecule has 0 saturated heterocycles. The third-order valence-corrected chi connectivity index (χ3v) is 13.3. The molecule has 0 aliphatic heterocycles. The van der Waals surface area contributed by atoms with Gasteiger partial charge in [0, 0.05) is 19.3 Å². The van der Waals surface area contributed by atoms with Crippen molar-refractivity contribution < 1.29 is 28.6 Å². The minimum Gasteiger partial charge on any atom is -0.462 e. The minimum absolute atomic E-state index is 0.0837. The van der Waals surface area contributed by atoms with E-state index in [9.17, 15) is 14.4 Å². The van der Waals surface area contributed by atoms with Crippen molar-refractivity contribution in [1.29, 1.82) is 0 Å².